The van der Waals surface area contributed by atoms with Crippen LogP contribution < -0.4 is 0 Å². The van der Waals surface area contributed by atoms with Gasteiger partial charge in [-0.25, -0.2) is 9.67 Å². The summed E-state index contributed by atoms with van der Waals surface area (Å²) in [5, 5.41) is 4.49. The summed E-state index contributed by atoms with van der Waals surface area (Å²) in [6.45, 7) is 5.54. The molecule has 0 saturated carbocycles. The van der Waals surface area contributed by atoms with Crippen LogP contribution in [0.15, 0.2) is 47.3 Å². The Bertz CT molecular complexity index is 984. The largest absolute Gasteiger partial charge is 0.472 e. The van der Waals surface area contributed by atoms with Crippen LogP contribution in [0, 0.1) is 6.92 Å². The second kappa shape index (κ2) is 7.30. The Balaban J connectivity index is 1.65. The average molecular weight is 379 g/mol. The predicted molar refractivity (Wildman–Crippen MR) is 102 cm³/mol. The fraction of sp³-hybridized carbons (Fsp3) is 0.300. The van der Waals surface area contributed by atoms with Crippen LogP contribution in [-0.4, -0.2) is 62.6 Å². The molecule has 2 amide bonds. The summed E-state index contributed by atoms with van der Waals surface area (Å²) in [4.78, 5) is 32.4. The molecule has 0 aliphatic carbocycles. The van der Waals surface area contributed by atoms with Crippen LogP contribution in [0.4, 0.5) is 0 Å². The zero-order valence-corrected chi connectivity index (χ0v) is 15.8. The normalized spacial score (nSPS) is 14.4. The molecular formula is C20H21N5O3. The topological polar surface area (TPSA) is 84.5 Å². The van der Waals surface area contributed by atoms with E-state index in [1.165, 1.54) is 0 Å². The molecule has 0 bridgehead atoms. The molecule has 8 heteroatoms. The lowest BCUT2D eigenvalue weighted by molar-refractivity contribution is -0.130. The van der Waals surface area contributed by atoms with E-state index in [9.17, 15) is 9.59 Å². The number of hydrogen-bond donors (Lipinski definition) is 0. The Labute approximate surface area is 162 Å². The van der Waals surface area contributed by atoms with E-state index >= 15 is 0 Å². The van der Waals surface area contributed by atoms with E-state index < -0.39 is 0 Å². The number of rotatable bonds is 3. The maximum absolute atomic E-state index is 13.0. The van der Waals surface area contributed by atoms with E-state index in [1.54, 1.807) is 40.0 Å². The highest BCUT2D eigenvalue weighted by molar-refractivity contribution is 5.91. The highest BCUT2D eigenvalue weighted by Gasteiger charge is 2.27. The number of benzene rings is 1. The number of carbonyl (C=O) groups excluding carboxylic acids is 2. The van der Waals surface area contributed by atoms with Crippen LogP contribution in [0.2, 0.25) is 0 Å². The van der Waals surface area contributed by atoms with Gasteiger partial charge in [0.05, 0.1) is 17.5 Å². The van der Waals surface area contributed by atoms with Crippen LogP contribution >= 0.6 is 0 Å². The van der Waals surface area contributed by atoms with E-state index in [2.05, 4.69) is 10.1 Å². The van der Waals surface area contributed by atoms with Gasteiger partial charge in [-0.1, -0.05) is 17.7 Å². The molecule has 3 heterocycles. The third kappa shape index (κ3) is 3.40. The first-order chi connectivity index (χ1) is 13.5. The zero-order chi connectivity index (χ0) is 19.7. The monoisotopic (exact) mass is 379 g/mol. The molecule has 1 aromatic carbocycles. The molecule has 28 heavy (non-hydrogen) atoms. The van der Waals surface area contributed by atoms with Gasteiger partial charge in [0, 0.05) is 33.1 Å². The van der Waals surface area contributed by atoms with Gasteiger partial charge in [-0.15, -0.1) is 5.10 Å². The summed E-state index contributed by atoms with van der Waals surface area (Å²) in [6.07, 6.45) is 3.14. The summed E-state index contributed by atoms with van der Waals surface area (Å²) < 4.78 is 6.84. The van der Waals surface area contributed by atoms with E-state index in [0.29, 0.717) is 32.0 Å². The minimum absolute atomic E-state index is 0.0242. The van der Waals surface area contributed by atoms with Crippen molar-refractivity contribution in [3.8, 4) is 17.1 Å². The van der Waals surface area contributed by atoms with Crippen molar-refractivity contribution in [1.29, 1.82) is 0 Å². The van der Waals surface area contributed by atoms with Gasteiger partial charge in [-0.3, -0.25) is 9.59 Å². The molecule has 0 radical (unpaired) electrons. The Morgan fingerprint density at radius 3 is 2.29 bits per heavy atom. The molecule has 1 saturated heterocycles. The predicted octanol–water partition coefficient (Wildman–Crippen LogP) is 2.14. The maximum Gasteiger partial charge on any atom is 0.293 e. The summed E-state index contributed by atoms with van der Waals surface area (Å²) in [5.41, 5.74) is 2.69. The maximum atomic E-state index is 13.0. The first-order valence-electron chi connectivity index (χ1n) is 9.14. The van der Waals surface area contributed by atoms with Gasteiger partial charge in [0.15, 0.2) is 5.82 Å². The fourth-order valence-electron chi connectivity index (χ4n) is 3.21. The number of amides is 2. The molecule has 144 valence electrons. The quantitative estimate of drug-likeness (QED) is 0.696. The van der Waals surface area contributed by atoms with Crippen LogP contribution in [0.25, 0.3) is 17.1 Å². The standard InChI is InChI=1S/C20H21N5O3/c1-14-3-5-17(6-4-14)25-19(16-7-12-28-13-16)21-18(22-25)20(27)24-10-8-23(9-11-24)15(2)26/h3-7,12-13H,8-11H2,1-2H3. The lowest BCUT2D eigenvalue weighted by Gasteiger charge is -2.33. The fourth-order valence-corrected chi connectivity index (χ4v) is 3.21. The van der Waals surface area contributed by atoms with Crippen molar-refractivity contribution in [1.82, 2.24) is 24.6 Å². The van der Waals surface area contributed by atoms with Crippen LogP contribution in [0.5, 0.6) is 0 Å². The summed E-state index contributed by atoms with van der Waals surface area (Å²) >= 11 is 0. The highest BCUT2D eigenvalue weighted by Crippen LogP contribution is 2.22. The van der Waals surface area contributed by atoms with Crippen LogP contribution in [0.3, 0.4) is 0 Å². The van der Waals surface area contributed by atoms with E-state index in [-0.39, 0.29) is 17.6 Å². The molecule has 8 nitrogen and oxygen atoms in total. The third-order valence-corrected chi connectivity index (χ3v) is 4.87. The number of aryl methyl sites for hydroxylation is 1. The average Bonchev–Trinajstić information content (AvgIpc) is 3.38. The van der Waals surface area contributed by atoms with Gasteiger partial charge in [-0.05, 0) is 25.1 Å². The van der Waals surface area contributed by atoms with Crippen molar-refractivity contribution >= 4 is 11.8 Å². The summed E-state index contributed by atoms with van der Waals surface area (Å²) in [5.74, 6) is 0.464. The van der Waals surface area contributed by atoms with Crippen molar-refractivity contribution in [2.24, 2.45) is 0 Å². The van der Waals surface area contributed by atoms with Gasteiger partial charge in [0.25, 0.3) is 5.91 Å². The van der Waals surface area contributed by atoms with Crippen molar-refractivity contribution in [2.75, 3.05) is 26.2 Å². The van der Waals surface area contributed by atoms with E-state index in [4.69, 9.17) is 4.42 Å². The Hall–Kier alpha value is -3.42. The zero-order valence-electron chi connectivity index (χ0n) is 15.8. The molecule has 0 N–H and O–H groups in total. The van der Waals surface area contributed by atoms with Crippen LogP contribution in [-0.2, 0) is 4.79 Å². The number of aromatic nitrogens is 3. The Kier molecular flexibility index (Phi) is 4.68. The number of nitrogens with zero attached hydrogens (tertiary/aromatic N) is 5. The molecule has 2 aromatic heterocycles. The Morgan fingerprint density at radius 2 is 1.68 bits per heavy atom. The van der Waals surface area contributed by atoms with Crippen molar-refractivity contribution in [2.45, 2.75) is 13.8 Å². The molecule has 3 aromatic rings. The van der Waals surface area contributed by atoms with Gasteiger partial charge in [0.2, 0.25) is 11.7 Å². The molecule has 0 spiro atoms. The SMILES string of the molecule is CC(=O)N1CCN(C(=O)c2nc(-c3ccoc3)n(-c3ccc(C)cc3)n2)CC1. The lowest BCUT2D eigenvalue weighted by atomic mass is 10.2. The first-order valence-corrected chi connectivity index (χ1v) is 9.14. The molecule has 1 aliphatic heterocycles. The molecule has 1 aliphatic rings. The van der Waals surface area contributed by atoms with Crippen molar-refractivity contribution in [3.63, 3.8) is 0 Å². The molecular weight excluding hydrogens is 358 g/mol. The molecule has 0 unspecified atom stereocenters. The Morgan fingerprint density at radius 1 is 1.00 bits per heavy atom. The molecule has 0 atom stereocenters. The molecule has 4 rings (SSSR count). The highest BCUT2D eigenvalue weighted by atomic mass is 16.3. The lowest BCUT2D eigenvalue weighted by Crippen LogP contribution is -2.50. The number of furan rings is 1. The number of hydrogen-bond acceptors (Lipinski definition) is 5. The third-order valence-electron chi connectivity index (χ3n) is 4.87. The van der Waals surface area contributed by atoms with Gasteiger partial charge >= 0.3 is 0 Å². The number of carbonyl (C=O) groups is 2. The van der Waals surface area contributed by atoms with Crippen molar-refractivity contribution in [3.05, 3.63) is 54.2 Å². The smallest absolute Gasteiger partial charge is 0.293 e. The second-order valence-corrected chi connectivity index (χ2v) is 6.82. The summed E-state index contributed by atoms with van der Waals surface area (Å²) in [6, 6.07) is 9.63. The van der Waals surface area contributed by atoms with Gasteiger partial charge in [0.1, 0.15) is 6.26 Å². The summed E-state index contributed by atoms with van der Waals surface area (Å²) in [7, 11) is 0. The number of piperazine rings is 1. The van der Waals surface area contributed by atoms with Gasteiger partial charge < -0.3 is 14.2 Å². The molecule has 1 fully saturated rings. The van der Waals surface area contributed by atoms with Gasteiger partial charge in [-0.2, -0.15) is 0 Å². The second-order valence-electron chi connectivity index (χ2n) is 6.82. The van der Waals surface area contributed by atoms with E-state index in [0.717, 1.165) is 16.8 Å². The minimum atomic E-state index is -0.237. The van der Waals surface area contributed by atoms with Crippen molar-refractivity contribution < 1.29 is 14.0 Å². The van der Waals surface area contributed by atoms with E-state index in [1.807, 2.05) is 31.2 Å². The van der Waals surface area contributed by atoms with Crippen LogP contribution in [0.1, 0.15) is 23.1 Å². The first kappa shape index (κ1) is 18.0. The minimum Gasteiger partial charge on any atom is -0.472 e.